The number of likely N-dealkylation sites (tertiary alicyclic amines) is 1. The number of nitrogens with one attached hydrogen (secondary N) is 2. The molecule has 2 N–H and O–H groups in total. The normalized spacial score (nSPS) is 14.3. The molecule has 24 heavy (non-hydrogen) atoms. The highest BCUT2D eigenvalue weighted by Crippen LogP contribution is 2.16. The van der Waals surface area contributed by atoms with E-state index in [0.29, 0.717) is 5.82 Å². The summed E-state index contributed by atoms with van der Waals surface area (Å²) in [6.45, 7) is 2.07. The largest absolute Gasteiger partial charge is 0.293 e. The summed E-state index contributed by atoms with van der Waals surface area (Å²) in [7, 11) is 0. The number of anilines is 1. The number of benzene rings is 1. The average Bonchev–Trinajstić information content (AvgIpc) is 3.14. The van der Waals surface area contributed by atoms with Crippen LogP contribution in [0.25, 0.3) is 11.4 Å². The minimum Gasteiger partial charge on any atom is -0.293 e. The van der Waals surface area contributed by atoms with Crippen LogP contribution in [0, 0.1) is 6.92 Å². The third-order valence-electron chi connectivity index (χ3n) is 3.78. The number of aromatic nitrogens is 3. The first-order chi connectivity index (χ1) is 11.5. The highest BCUT2D eigenvalue weighted by molar-refractivity contribution is 6.02. The molecule has 1 aliphatic rings. The molecule has 1 fully saturated rings. The van der Waals surface area contributed by atoms with Gasteiger partial charge in [0.05, 0.1) is 0 Å². The fraction of sp³-hybridized carbons (Fsp3) is 0.312. The van der Waals surface area contributed by atoms with Crippen molar-refractivity contribution < 1.29 is 14.4 Å². The van der Waals surface area contributed by atoms with Crippen LogP contribution >= 0.6 is 0 Å². The lowest BCUT2D eigenvalue weighted by Gasteiger charge is -2.12. The Morgan fingerprint density at radius 2 is 1.88 bits per heavy atom. The van der Waals surface area contributed by atoms with Gasteiger partial charge in [-0.3, -0.25) is 29.7 Å². The van der Waals surface area contributed by atoms with Gasteiger partial charge in [0.15, 0.2) is 5.82 Å². The molecule has 2 heterocycles. The van der Waals surface area contributed by atoms with Crippen LogP contribution in [0.3, 0.4) is 0 Å². The Bertz CT molecular complexity index is 765. The number of imide groups is 1. The van der Waals surface area contributed by atoms with Crippen molar-refractivity contribution in [2.45, 2.75) is 26.2 Å². The van der Waals surface area contributed by atoms with Crippen LogP contribution in [-0.2, 0) is 14.4 Å². The van der Waals surface area contributed by atoms with E-state index in [4.69, 9.17) is 0 Å². The van der Waals surface area contributed by atoms with Crippen LogP contribution in [0.5, 0.6) is 0 Å². The molecule has 2 aromatic rings. The Labute approximate surface area is 138 Å². The van der Waals surface area contributed by atoms with E-state index < -0.39 is 0 Å². The number of carbonyl (C=O) groups is 3. The zero-order valence-electron chi connectivity index (χ0n) is 13.2. The van der Waals surface area contributed by atoms with Crippen LogP contribution in [0.1, 0.15) is 24.8 Å². The average molecular weight is 327 g/mol. The van der Waals surface area contributed by atoms with E-state index in [2.05, 4.69) is 20.5 Å². The van der Waals surface area contributed by atoms with Crippen molar-refractivity contribution in [1.29, 1.82) is 0 Å². The highest BCUT2D eigenvalue weighted by atomic mass is 16.2. The smallest absolute Gasteiger partial charge is 0.249 e. The standard InChI is InChI=1S/C16H17N5O3/c1-10-2-4-11(5-3-10)15-18-16(20-19-15)17-12(22)8-9-21-13(23)6-7-14(21)24/h2-5H,6-9H2,1H3,(H2,17,18,19,20,22). The molecule has 8 nitrogen and oxygen atoms in total. The molecule has 0 atom stereocenters. The fourth-order valence-electron chi connectivity index (χ4n) is 2.43. The predicted molar refractivity (Wildman–Crippen MR) is 85.8 cm³/mol. The summed E-state index contributed by atoms with van der Waals surface area (Å²) in [6, 6.07) is 7.73. The molecule has 1 saturated heterocycles. The number of hydrogen-bond acceptors (Lipinski definition) is 5. The topological polar surface area (TPSA) is 108 Å². The summed E-state index contributed by atoms with van der Waals surface area (Å²) in [4.78, 5) is 40.2. The molecule has 0 unspecified atom stereocenters. The van der Waals surface area contributed by atoms with Crippen molar-refractivity contribution in [3.8, 4) is 11.4 Å². The number of nitrogens with zero attached hydrogens (tertiary/aromatic N) is 3. The van der Waals surface area contributed by atoms with Gasteiger partial charge in [-0.2, -0.15) is 4.98 Å². The highest BCUT2D eigenvalue weighted by Gasteiger charge is 2.28. The van der Waals surface area contributed by atoms with E-state index >= 15 is 0 Å². The minimum absolute atomic E-state index is 0.0197. The fourth-order valence-corrected chi connectivity index (χ4v) is 2.43. The summed E-state index contributed by atoms with van der Waals surface area (Å²) in [5, 5.41) is 9.27. The zero-order valence-corrected chi connectivity index (χ0v) is 13.2. The van der Waals surface area contributed by atoms with Crippen LogP contribution in [0.15, 0.2) is 24.3 Å². The Morgan fingerprint density at radius 3 is 2.54 bits per heavy atom. The molecule has 3 rings (SSSR count). The molecule has 1 aromatic heterocycles. The Morgan fingerprint density at radius 1 is 1.21 bits per heavy atom. The van der Waals surface area contributed by atoms with E-state index in [1.165, 1.54) is 0 Å². The third-order valence-corrected chi connectivity index (χ3v) is 3.78. The van der Waals surface area contributed by atoms with Gasteiger partial charge in [0.2, 0.25) is 23.7 Å². The molecule has 1 aliphatic heterocycles. The molecule has 0 spiro atoms. The predicted octanol–water partition coefficient (Wildman–Crippen LogP) is 1.26. The maximum Gasteiger partial charge on any atom is 0.249 e. The van der Waals surface area contributed by atoms with Crippen LogP contribution in [-0.4, -0.2) is 44.3 Å². The van der Waals surface area contributed by atoms with E-state index in [-0.39, 0.29) is 49.5 Å². The van der Waals surface area contributed by atoms with Crippen LogP contribution in [0.4, 0.5) is 5.95 Å². The lowest BCUT2D eigenvalue weighted by molar-refractivity contribution is -0.138. The number of carbonyl (C=O) groups excluding carboxylic acids is 3. The molecule has 1 aromatic carbocycles. The first kappa shape index (κ1) is 15.9. The van der Waals surface area contributed by atoms with Gasteiger partial charge in [0.25, 0.3) is 0 Å². The molecule has 0 bridgehead atoms. The number of amides is 3. The van der Waals surface area contributed by atoms with Gasteiger partial charge in [0, 0.05) is 31.4 Å². The number of aromatic amines is 1. The summed E-state index contributed by atoms with van der Waals surface area (Å²) >= 11 is 0. The van der Waals surface area contributed by atoms with Gasteiger partial charge in [-0.1, -0.05) is 29.8 Å². The molecule has 8 heteroatoms. The number of hydrogen-bond donors (Lipinski definition) is 2. The van der Waals surface area contributed by atoms with E-state index in [1.807, 2.05) is 31.2 Å². The van der Waals surface area contributed by atoms with Crippen molar-refractivity contribution in [2.24, 2.45) is 0 Å². The van der Waals surface area contributed by atoms with Gasteiger partial charge < -0.3 is 0 Å². The van der Waals surface area contributed by atoms with Gasteiger partial charge in [-0.15, -0.1) is 5.10 Å². The second kappa shape index (κ2) is 6.61. The second-order valence-corrected chi connectivity index (χ2v) is 5.61. The Kier molecular flexibility index (Phi) is 4.37. The second-order valence-electron chi connectivity index (χ2n) is 5.61. The zero-order chi connectivity index (χ0) is 17.1. The maximum absolute atomic E-state index is 11.9. The van der Waals surface area contributed by atoms with Crippen molar-refractivity contribution in [2.75, 3.05) is 11.9 Å². The summed E-state index contributed by atoms with van der Waals surface area (Å²) in [5.41, 5.74) is 2.00. The molecule has 0 radical (unpaired) electrons. The number of H-pyrrole nitrogens is 1. The third kappa shape index (κ3) is 3.48. The van der Waals surface area contributed by atoms with Crippen LogP contribution < -0.4 is 5.32 Å². The van der Waals surface area contributed by atoms with E-state index in [1.54, 1.807) is 0 Å². The van der Waals surface area contributed by atoms with E-state index in [9.17, 15) is 14.4 Å². The van der Waals surface area contributed by atoms with Crippen molar-refractivity contribution in [3.63, 3.8) is 0 Å². The maximum atomic E-state index is 11.9. The lowest BCUT2D eigenvalue weighted by atomic mass is 10.1. The number of rotatable bonds is 5. The molecule has 3 amide bonds. The SMILES string of the molecule is Cc1ccc(-c2nc(NC(=O)CCN3C(=O)CCC3=O)n[nH]2)cc1. The lowest BCUT2D eigenvalue weighted by Crippen LogP contribution is -2.32. The van der Waals surface area contributed by atoms with Crippen molar-refractivity contribution in [3.05, 3.63) is 29.8 Å². The molecule has 0 saturated carbocycles. The summed E-state index contributed by atoms with van der Waals surface area (Å²) < 4.78 is 0. The summed E-state index contributed by atoms with van der Waals surface area (Å²) in [5.74, 6) is -0.0958. The Balaban J connectivity index is 1.56. The molecular weight excluding hydrogens is 310 g/mol. The molecule has 124 valence electrons. The quantitative estimate of drug-likeness (QED) is 0.804. The first-order valence-corrected chi connectivity index (χ1v) is 7.65. The Hall–Kier alpha value is -3.03. The van der Waals surface area contributed by atoms with Gasteiger partial charge in [0.1, 0.15) is 0 Å². The minimum atomic E-state index is -0.350. The summed E-state index contributed by atoms with van der Waals surface area (Å²) in [6.07, 6.45) is 0.467. The first-order valence-electron chi connectivity index (χ1n) is 7.65. The number of aryl methyl sites for hydroxylation is 1. The monoisotopic (exact) mass is 327 g/mol. The van der Waals surface area contributed by atoms with Gasteiger partial charge >= 0.3 is 0 Å². The van der Waals surface area contributed by atoms with Gasteiger partial charge in [-0.25, -0.2) is 0 Å². The van der Waals surface area contributed by atoms with Crippen molar-refractivity contribution in [1.82, 2.24) is 20.1 Å². The van der Waals surface area contributed by atoms with Crippen LogP contribution in [0.2, 0.25) is 0 Å². The molecular formula is C16H17N5O3. The van der Waals surface area contributed by atoms with Gasteiger partial charge in [-0.05, 0) is 6.92 Å². The van der Waals surface area contributed by atoms with Crippen molar-refractivity contribution >= 4 is 23.7 Å². The van der Waals surface area contributed by atoms with E-state index in [0.717, 1.165) is 16.0 Å². The molecule has 0 aliphatic carbocycles.